The third-order valence-electron chi connectivity index (χ3n) is 4.87. The maximum atomic E-state index is 12.9. The molecule has 2 amide bonds. The SMILES string of the molecule is COc1cccc(/C=C2\SC(=O)N(Cc3ccccc3)C2=O)c1OCc1ccc(Cl)cc1. The molecule has 3 aromatic carbocycles. The monoisotopic (exact) mass is 465 g/mol. The fourth-order valence-corrected chi connectivity index (χ4v) is 4.20. The normalized spacial score (nSPS) is 14.8. The Morgan fingerprint density at radius 1 is 0.938 bits per heavy atom. The van der Waals surface area contributed by atoms with E-state index in [1.54, 1.807) is 31.4 Å². The Labute approximate surface area is 195 Å². The van der Waals surface area contributed by atoms with Crippen molar-refractivity contribution in [2.45, 2.75) is 13.2 Å². The van der Waals surface area contributed by atoms with E-state index in [4.69, 9.17) is 21.1 Å². The highest BCUT2D eigenvalue weighted by atomic mass is 35.5. The Morgan fingerprint density at radius 2 is 1.69 bits per heavy atom. The second-order valence-corrected chi connectivity index (χ2v) is 8.48. The van der Waals surface area contributed by atoms with Crippen LogP contribution in [0.4, 0.5) is 4.79 Å². The Balaban J connectivity index is 1.58. The maximum absolute atomic E-state index is 12.9. The standard InChI is InChI=1S/C25H20ClNO4S/c1-30-21-9-5-8-19(23(21)31-16-18-10-12-20(26)13-11-18)14-22-24(28)27(25(29)32-22)15-17-6-3-2-4-7-17/h2-14H,15-16H2,1H3/b22-14-. The van der Waals surface area contributed by atoms with Gasteiger partial charge in [0.1, 0.15) is 6.61 Å². The number of rotatable bonds is 7. The number of halogens is 1. The van der Waals surface area contributed by atoms with Gasteiger partial charge in [-0.25, -0.2) is 0 Å². The summed E-state index contributed by atoms with van der Waals surface area (Å²) in [6.45, 7) is 0.536. The van der Waals surface area contributed by atoms with Gasteiger partial charge in [0.05, 0.1) is 18.6 Å². The van der Waals surface area contributed by atoms with Gasteiger partial charge in [-0.15, -0.1) is 0 Å². The van der Waals surface area contributed by atoms with Crippen molar-refractivity contribution in [1.82, 2.24) is 4.90 Å². The molecule has 0 unspecified atom stereocenters. The van der Waals surface area contributed by atoms with Gasteiger partial charge in [0.25, 0.3) is 11.1 Å². The van der Waals surface area contributed by atoms with Crippen LogP contribution in [-0.2, 0) is 17.9 Å². The van der Waals surface area contributed by atoms with Crippen LogP contribution >= 0.6 is 23.4 Å². The number of nitrogens with zero attached hydrogens (tertiary/aromatic N) is 1. The maximum Gasteiger partial charge on any atom is 0.293 e. The van der Waals surface area contributed by atoms with E-state index < -0.39 is 0 Å². The summed E-state index contributed by atoms with van der Waals surface area (Å²) in [4.78, 5) is 27.0. The zero-order chi connectivity index (χ0) is 22.5. The number of ether oxygens (including phenoxy) is 2. The Bertz CT molecular complexity index is 1160. The van der Waals surface area contributed by atoms with Crippen LogP contribution < -0.4 is 9.47 Å². The average Bonchev–Trinajstić information content (AvgIpc) is 3.07. The van der Waals surface area contributed by atoms with E-state index >= 15 is 0 Å². The highest BCUT2D eigenvalue weighted by molar-refractivity contribution is 8.18. The lowest BCUT2D eigenvalue weighted by Gasteiger charge is -2.14. The molecule has 1 saturated heterocycles. The zero-order valence-corrected chi connectivity index (χ0v) is 18.9. The molecule has 3 aromatic rings. The van der Waals surface area contributed by atoms with Crippen molar-refractivity contribution in [3.05, 3.63) is 99.4 Å². The molecule has 0 spiro atoms. The summed E-state index contributed by atoms with van der Waals surface area (Å²) in [5, 5.41) is 0.356. The summed E-state index contributed by atoms with van der Waals surface area (Å²) in [5.74, 6) is 0.714. The molecule has 0 atom stereocenters. The molecule has 1 heterocycles. The minimum atomic E-state index is -0.324. The van der Waals surface area contributed by atoms with E-state index in [1.165, 1.54) is 4.90 Å². The van der Waals surface area contributed by atoms with E-state index in [9.17, 15) is 9.59 Å². The molecule has 0 bridgehead atoms. The van der Waals surface area contributed by atoms with Crippen molar-refractivity contribution in [1.29, 1.82) is 0 Å². The van der Waals surface area contributed by atoms with E-state index in [2.05, 4.69) is 0 Å². The van der Waals surface area contributed by atoms with Gasteiger partial charge in [-0.2, -0.15) is 0 Å². The molecule has 0 aliphatic carbocycles. The molecule has 4 rings (SSSR count). The summed E-state index contributed by atoms with van der Waals surface area (Å²) in [6.07, 6.45) is 1.68. The van der Waals surface area contributed by atoms with Crippen LogP contribution in [0.25, 0.3) is 6.08 Å². The molecular formula is C25H20ClNO4S. The lowest BCUT2D eigenvalue weighted by molar-refractivity contribution is -0.123. The van der Waals surface area contributed by atoms with Crippen LogP contribution in [-0.4, -0.2) is 23.2 Å². The molecule has 0 radical (unpaired) electrons. The number of methoxy groups -OCH3 is 1. The van der Waals surface area contributed by atoms with Gasteiger partial charge in [0, 0.05) is 10.6 Å². The minimum Gasteiger partial charge on any atom is -0.493 e. The molecule has 32 heavy (non-hydrogen) atoms. The van der Waals surface area contributed by atoms with Gasteiger partial charge < -0.3 is 9.47 Å². The third-order valence-corrected chi connectivity index (χ3v) is 6.03. The summed E-state index contributed by atoms with van der Waals surface area (Å²) < 4.78 is 11.5. The molecule has 0 saturated carbocycles. The first kappa shape index (κ1) is 22.0. The Kier molecular flexibility index (Phi) is 6.83. The summed E-state index contributed by atoms with van der Waals surface area (Å²) in [5.41, 5.74) is 2.49. The van der Waals surface area contributed by atoms with Gasteiger partial charge in [-0.3, -0.25) is 14.5 Å². The van der Waals surface area contributed by atoms with Gasteiger partial charge in [-0.05, 0) is 47.2 Å². The number of hydrogen-bond donors (Lipinski definition) is 0. The quantitative estimate of drug-likeness (QED) is 0.391. The fourth-order valence-electron chi connectivity index (χ4n) is 3.24. The lowest BCUT2D eigenvalue weighted by Crippen LogP contribution is -2.27. The van der Waals surface area contributed by atoms with Crippen molar-refractivity contribution in [2.24, 2.45) is 0 Å². The highest BCUT2D eigenvalue weighted by Gasteiger charge is 2.35. The first-order chi connectivity index (χ1) is 15.5. The molecule has 162 valence electrons. The van der Waals surface area contributed by atoms with Crippen LogP contribution in [0, 0.1) is 0 Å². The molecule has 0 N–H and O–H groups in total. The fraction of sp³-hybridized carbons (Fsp3) is 0.120. The third kappa shape index (κ3) is 4.98. The number of hydrogen-bond acceptors (Lipinski definition) is 5. The van der Waals surface area contributed by atoms with Crippen molar-refractivity contribution in [3.63, 3.8) is 0 Å². The van der Waals surface area contributed by atoms with Crippen LogP contribution in [0.15, 0.2) is 77.7 Å². The number of para-hydroxylation sites is 1. The molecule has 7 heteroatoms. The van der Waals surface area contributed by atoms with Crippen LogP contribution in [0.3, 0.4) is 0 Å². The predicted octanol–water partition coefficient (Wildman–Crippen LogP) is 6.16. The topological polar surface area (TPSA) is 55.8 Å². The number of thioether (sulfide) groups is 1. The van der Waals surface area contributed by atoms with E-state index in [1.807, 2.05) is 54.6 Å². The van der Waals surface area contributed by atoms with E-state index in [0.29, 0.717) is 33.6 Å². The van der Waals surface area contributed by atoms with Gasteiger partial charge in [0.15, 0.2) is 11.5 Å². The van der Waals surface area contributed by atoms with Crippen molar-refractivity contribution < 1.29 is 19.1 Å². The minimum absolute atomic E-state index is 0.237. The smallest absolute Gasteiger partial charge is 0.293 e. The van der Waals surface area contributed by atoms with Crippen molar-refractivity contribution in [2.75, 3.05) is 7.11 Å². The van der Waals surface area contributed by atoms with Crippen LogP contribution in [0.2, 0.25) is 5.02 Å². The van der Waals surface area contributed by atoms with Gasteiger partial charge in [0.2, 0.25) is 0 Å². The van der Waals surface area contributed by atoms with Crippen molar-refractivity contribution in [3.8, 4) is 11.5 Å². The largest absolute Gasteiger partial charge is 0.493 e. The van der Waals surface area contributed by atoms with Crippen LogP contribution in [0.1, 0.15) is 16.7 Å². The second kappa shape index (κ2) is 9.94. The summed E-state index contributed by atoms with van der Waals surface area (Å²) in [7, 11) is 1.56. The first-order valence-corrected chi connectivity index (χ1v) is 11.1. The molecule has 1 aliphatic rings. The van der Waals surface area contributed by atoms with E-state index in [0.717, 1.165) is 22.9 Å². The Hall–Kier alpha value is -3.22. The number of amides is 2. The second-order valence-electron chi connectivity index (χ2n) is 7.05. The molecular weight excluding hydrogens is 446 g/mol. The number of carbonyl (C=O) groups is 2. The molecule has 1 aliphatic heterocycles. The molecule has 5 nitrogen and oxygen atoms in total. The van der Waals surface area contributed by atoms with Crippen LogP contribution in [0.5, 0.6) is 11.5 Å². The molecule has 0 aromatic heterocycles. The average molecular weight is 466 g/mol. The lowest BCUT2D eigenvalue weighted by atomic mass is 10.1. The first-order valence-electron chi connectivity index (χ1n) is 9.88. The van der Waals surface area contributed by atoms with Crippen molar-refractivity contribution >= 4 is 40.6 Å². The van der Waals surface area contributed by atoms with Gasteiger partial charge >= 0.3 is 0 Å². The summed E-state index contributed by atoms with van der Waals surface area (Å²) in [6, 6.07) is 22.2. The predicted molar refractivity (Wildman–Crippen MR) is 127 cm³/mol. The highest BCUT2D eigenvalue weighted by Crippen LogP contribution is 2.38. The number of benzene rings is 3. The Morgan fingerprint density at radius 3 is 2.41 bits per heavy atom. The number of imide groups is 1. The van der Waals surface area contributed by atoms with E-state index in [-0.39, 0.29) is 17.7 Å². The summed E-state index contributed by atoms with van der Waals surface area (Å²) >= 11 is 6.87. The zero-order valence-electron chi connectivity index (χ0n) is 17.3. The number of carbonyl (C=O) groups excluding carboxylic acids is 2. The molecule has 1 fully saturated rings. The van der Waals surface area contributed by atoms with Gasteiger partial charge in [-0.1, -0.05) is 66.2 Å².